The Morgan fingerprint density at radius 1 is 0.771 bits per heavy atom. The van der Waals surface area contributed by atoms with Crippen LogP contribution in [0.5, 0.6) is 0 Å². The number of carboxylic acids is 1. The maximum absolute atomic E-state index is 13.5. The van der Waals surface area contributed by atoms with Gasteiger partial charge in [-0.3, -0.25) is 24.0 Å². The third-order valence-electron chi connectivity index (χ3n) is 8.65. The molecule has 0 aromatic heterocycles. The van der Waals surface area contributed by atoms with Gasteiger partial charge in [-0.2, -0.15) is 0 Å². The van der Waals surface area contributed by atoms with Crippen LogP contribution >= 0.6 is 0 Å². The first-order valence-electron chi connectivity index (χ1n) is 16.4. The van der Waals surface area contributed by atoms with Crippen molar-refractivity contribution in [1.29, 1.82) is 0 Å². The van der Waals surface area contributed by atoms with Crippen molar-refractivity contribution in [3.63, 3.8) is 0 Å². The van der Waals surface area contributed by atoms with Crippen LogP contribution in [0.4, 0.5) is 0 Å². The number of nitrogens with one attached hydrogen (secondary N) is 4. The Bertz CT molecular complexity index is 1420. The van der Waals surface area contributed by atoms with E-state index in [1.54, 1.807) is 31.2 Å². The van der Waals surface area contributed by atoms with Gasteiger partial charge in [-0.15, -0.1) is 0 Å². The number of carbonyl (C=O) groups excluding carboxylic acids is 5. The lowest BCUT2D eigenvalue weighted by Gasteiger charge is -2.29. The molecule has 0 saturated carbocycles. The molecule has 2 aromatic rings. The first kappa shape index (κ1) is 37.7. The van der Waals surface area contributed by atoms with Gasteiger partial charge in [0.25, 0.3) is 0 Å². The van der Waals surface area contributed by atoms with E-state index >= 15 is 0 Å². The topological polar surface area (TPSA) is 200 Å². The van der Waals surface area contributed by atoms with E-state index < -0.39 is 71.8 Å². The number of carbonyl (C=O) groups is 6. The van der Waals surface area contributed by atoms with E-state index in [1.807, 2.05) is 43.3 Å². The zero-order valence-electron chi connectivity index (χ0n) is 28.0. The van der Waals surface area contributed by atoms with Crippen LogP contribution in [0, 0.1) is 5.92 Å². The minimum atomic E-state index is -1.10. The van der Waals surface area contributed by atoms with Gasteiger partial charge in [-0.1, -0.05) is 80.9 Å². The molecule has 0 bridgehead atoms. The maximum atomic E-state index is 13.5. The van der Waals surface area contributed by atoms with E-state index in [0.29, 0.717) is 19.3 Å². The predicted molar refractivity (Wildman–Crippen MR) is 179 cm³/mol. The van der Waals surface area contributed by atoms with Gasteiger partial charge in [0.2, 0.25) is 29.5 Å². The van der Waals surface area contributed by atoms with Crippen molar-refractivity contribution >= 4 is 35.5 Å². The minimum absolute atomic E-state index is 0.124. The molecule has 1 aliphatic heterocycles. The van der Waals surface area contributed by atoms with Crippen LogP contribution in [0.25, 0.3) is 0 Å². The summed E-state index contributed by atoms with van der Waals surface area (Å²) in [6.45, 7) is 6.84. The second-order valence-electron chi connectivity index (χ2n) is 12.4. The molecule has 0 radical (unpaired) electrons. The molecule has 1 saturated heterocycles. The van der Waals surface area contributed by atoms with E-state index in [-0.39, 0.29) is 25.3 Å². The molecule has 1 fully saturated rings. The van der Waals surface area contributed by atoms with Gasteiger partial charge >= 0.3 is 5.97 Å². The number of carboxylic acid groups (broad SMARTS) is 1. The van der Waals surface area contributed by atoms with Crippen LogP contribution in [0.15, 0.2) is 60.7 Å². The van der Waals surface area contributed by atoms with Crippen molar-refractivity contribution in [3.05, 3.63) is 71.8 Å². The largest absolute Gasteiger partial charge is 0.480 e. The summed E-state index contributed by atoms with van der Waals surface area (Å²) in [4.78, 5) is 79.0. The Morgan fingerprint density at radius 2 is 1.29 bits per heavy atom. The molecular weight excluding hydrogens is 616 g/mol. The molecule has 13 heteroatoms. The van der Waals surface area contributed by atoms with Gasteiger partial charge in [0, 0.05) is 13.0 Å². The van der Waals surface area contributed by atoms with Gasteiger partial charge in [0.05, 0.1) is 6.04 Å². The number of benzene rings is 2. The van der Waals surface area contributed by atoms with Gasteiger partial charge in [-0.25, -0.2) is 4.79 Å². The number of rotatable bonds is 16. The van der Waals surface area contributed by atoms with Crippen LogP contribution < -0.4 is 27.0 Å². The Morgan fingerprint density at radius 3 is 1.83 bits per heavy atom. The lowest BCUT2D eigenvalue weighted by atomic mass is 9.97. The molecule has 260 valence electrons. The Balaban J connectivity index is 1.61. The molecule has 0 spiro atoms. The van der Waals surface area contributed by atoms with Crippen LogP contribution in [-0.2, 0) is 41.6 Å². The van der Waals surface area contributed by atoms with Crippen LogP contribution in [0.2, 0.25) is 0 Å². The number of hydrogen-bond acceptors (Lipinski definition) is 7. The summed E-state index contributed by atoms with van der Waals surface area (Å²) in [7, 11) is 0. The number of nitrogens with zero attached hydrogens (tertiary/aromatic N) is 1. The standard InChI is InChI=1S/C35H48N6O7/c1-5-21(2)29(40-32(44)26(36)19-24-13-8-6-9-14-24)33(45)38-22(3)30(42)37-23(4)31(43)39-27(20-25-15-10-7-11-16-25)34(46)41-18-12-17-28(41)35(47)48/h6-11,13-16,21-23,26-29H,5,12,17-20,36H2,1-4H3,(H,37,42)(H,38,45)(H,39,43)(H,40,44)(H,47,48)/t21-,22+,23-,26+,27+,28-,29-/m0/s1. The molecule has 3 rings (SSSR count). The van der Waals surface area contributed by atoms with Gasteiger partial charge < -0.3 is 37.0 Å². The predicted octanol–water partition coefficient (Wildman–Crippen LogP) is 0.900. The van der Waals surface area contributed by atoms with Crippen molar-refractivity contribution in [2.75, 3.05) is 6.54 Å². The van der Waals surface area contributed by atoms with E-state index in [2.05, 4.69) is 21.3 Å². The summed E-state index contributed by atoms with van der Waals surface area (Å²) in [6.07, 6.45) is 1.84. The van der Waals surface area contributed by atoms with Crippen LogP contribution in [0.1, 0.15) is 58.1 Å². The van der Waals surface area contributed by atoms with Gasteiger partial charge in [-0.05, 0) is 50.2 Å². The second-order valence-corrected chi connectivity index (χ2v) is 12.4. The minimum Gasteiger partial charge on any atom is -0.480 e. The molecule has 7 atom stereocenters. The summed E-state index contributed by atoms with van der Waals surface area (Å²) < 4.78 is 0. The van der Waals surface area contributed by atoms with Crippen LogP contribution in [-0.4, -0.2) is 88.3 Å². The fourth-order valence-corrected chi connectivity index (χ4v) is 5.53. The molecule has 0 aliphatic carbocycles. The molecule has 1 heterocycles. The highest BCUT2D eigenvalue weighted by molar-refractivity contribution is 5.96. The normalized spacial score (nSPS) is 17.9. The second kappa shape index (κ2) is 17.9. The van der Waals surface area contributed by atoms with E-state index in [9.17, 15) is 33.9 Å². The number of likely N-dealkylation sites (tertiary alicyclic amines) is 1. The Labute approximate surface area is 281 Å². The number of nitrogens with two attached hydrogens (primary N) is 1. The molecule has 5 amide bonds. The summed E-state index contributed by atoms with van der Waals surface area (Å²) in [5.41, 5.74) is 7.77. The fraction of sp³-hybridized carbons (Fsp3) is 0.486. The lowest BCUT2D eigenvalue weighted by molar-refractivity contribution is -0.149. The van der Waals surface area contributed by atoms with E-state index in [4.69, 9.17) is 5.73 Å². The fourth-order valence-electron chi connectivity index (χ4n) is 5.53. The number of amides is 5. The summed E-state index contributed by atoms with van der Waals surface area (Å²) in [5.74, 6) is -4.27. The highest BCUT2D eigenvalue weighted by Gasteiger charge is 2.38. The average Bonchev–Trinajstić information content (AvgIpc) is 3.57. The number of hydrogen-bond donors (Lipinski definition) is 6. The van der Waals surface area contributed by atoms with E-state index in [0.717, 1.165) is 11.1 Å². The van der Waals surface area contributed by atoms with Crippen molar-refractivity contribution < 1.29 is 33.9 Å². The number of aliphatic carboxylic acids is 1. The van der Waals surface area contributed by atoms with Crippen molar-refractivity contribution in [1.82, 2.24) is 26.2 Å². The summed E-state index contributed by atoms with van der Waals surface area (Å²) >= 11 is 0. The molecule has 2 aromatic carbocycles. The third-order valence-corrected chi connectivity index (χ3v) is 8.65. The monoisotopic (exact) mass is 664 g/mol. The average molecular weight is 665 g/mol. The Kier molecular flexibility index (Phi) is 14.1. The summed E-state index contributed by atoms with van der Waals surface area (Å²) in [6, 6.07) is 12.2. The van der Waals surface area contributed by atoms with Crippen molar-refractivity contribution in [3.8, 4) is 0 Å². The quantitative estimate of drug-likeness (QED) is 0.152. The molecule has 48 heavy (non-hydrogen) atoms. The van der Waals surface area contributed by atoms with Gasteiger partial charge in [0.1, 0.15) is 30.2 Å². The SMILES string of the molecule is CC[C@H](C)[C@H](NC(=O)[C@H](N)Cc1ccccc1)C(=O)N[C@H](C)C(=O)N[C@@H](C)C(=O)N[C@H](Cc1ccccc1)C(=O)N1CCC[C@H]1C(=O)O. The molecule has 13 nitrogen and oxygen atoms in total. The molecule has 7 N–H and O–H groups in total. The zero-order valence-corrected chi connectivity index (χ0v) is 28.0. The van der Waals surface area contributed by atoms with Gasteiger partial charge in [0.15, 0.2) is 0 Å². The lowest BCUT2D eigenvalue weighted by Crippen LogP contribution is -2.59. The van der Waals surface area contributed by atoms with Crippen molar-refractivity contribution in [2.45, 2.75) is 96.1 Å². The smallest absolute Gasteiger partial charge is 0.326 e. The highest BCUT2D eigenvalue weighted by atomic mass is 16.4. The maximum Gasteiger partial charge on any atom is 0.326 e. The molecule has 1 aliphatic rings. The van der Waals surface area contributed by atoms with Crippen LogP contribution in [0.3, 0.4) is 0 Å². The molecule has 0 unspecified atom stereocenters. The molecular formula is C35H48N6O7. The first-order chi connectivity index (χ1) is 22.8. The zero-order chi connectivity index (χ0) is 35.4. The third kappa shape index (κ3) is 10.6. The Hall–Kier alpha value is -4.78. The van der Waals surface area contributed by atoms with Crippen molar-refractivity contribution in [2.24, 2.45) is 11.7 Å². The summed E-state index contributed by atoms with van der Waals surface area (Å²) in [5, 5.41) is 20.2. The first-order valence-corrected chi connectivity index (χ1v) is 16.4. The highest BCUT2D eigenvalue weighted by Crippen LogP contribution is 2.20. The van der Waals surface area contributed by atoms with E-state index in [1.165, 1.54) is 18.7 Å².